The summed E-state index contributed by atoms with van der Waals surface area (Å²) in [4.78, 5) is 11.8. The Labute approximate surface area is 122 Å². The van der Waals surface area contributed by atoms with E-state index in [1.807, 2.05) is 0 Å². The predicted molar refractivity (Wildman–Crippen MR) is 78.7 cm³/mol. The fourth-order valence-corrected chi connectivity index (χ4v) is 2.85. The van der Waals surface area contributed by atoms with E-state index >= 15 is 0 Å². The second-order valence-electron chi connectivity index (χ2n) is 5.52. The summed E-state index contributed by atoms with van der Waals surface area (Å²) < 4.78 is 5.51. The SMILES string of the molecule is Cl.O=C(CNCC1CCCO1)NC1CCCCCC1. The first-order chi connectivity index (χ1) is 8.84. The lowest BCUT2D eigenvalue weighted by atomic mass is 10.1. The fourth-order valence-electron chi connectivity index (χ4n) is 2.85. The first-order valence-corrected chi connectivity index (χ1v) is 7.46. The number of nitrogens with one attached hydrogen (secondary N) is 2. The molecule has 1 unspecified atom stereocenters. The molecule has 4 nitrogen and oxygen atoms in total. The minimum atomic E-state index is 0. The number of carbonyl (C=O) groups is 1. The van der Waals surface area contributed by atoms with E-state index in [9.17, 15) is 4.79 Å². The van der Waals surface area contributed by atoms with Gasteiger partial charge in [-0.2, -0.15) is 0 Å². The van der Waals surface area contributed by atoms with Gasteiger partial charge in [0.2, 0.25) is 5.91 Å². The summed E-state index contributed by atoms with van der Waals surface area (Å²) >= 11 is 0. The van der Waals surface area contributed by atoms with E-state index in [4.69, 9.17) is 4.74 Å². The standard InChI is InChI=1S/C14H26N2O2.ClH/c17-14(11-15-10-13-8-5-9-18-13)16-12-6-3-1-2-4-7-12;/h12-13,15H,1-11H2,(H,16,17);1H. The molecule has 1 aliphatic carbocycles. The van der Waals surface area contributed by atoms with Crippen molar-refractivity contribution in [2.24, 2.45) is 0 Å². The number of carbonyl (C=O) groups excluding carboxylic acids is 1. The molecule has 1 aliphatic heterocycles. The first-order valence-electron chi connectivity index (χ1n) is 7.46. The second-order valence-corrected chi connectivity index (χ2v) is 5.52. The van der Waals surface area contributed by atoms with Crippen LogP contribution in [0.1, 0.15) is 51.4 Å². The highest BCUT2D eigenvalue weighted by Gasteiger charge is 2.17. The van der Waals surface area contributed by atoms with Crippen LogP contribution in [0.4, 0.5) is 0 Å². The molecule has 0 aromatic heterocycles. The third-order valence-electron chi connectivity index (χ3n) is 3.90. The van der Waals surface area contributed by atoms with Crippen molar-refractivity contribution in [3.63, 3.8) is 0 Å². The van der Waals surface area contributed by atoms with Gasteiger partial charge in [0.15, 0.2) is 0 Å². The van der Waals surface area contributed by atoms with Crippen molar-refractivity contribution in [2.75, 3.05) is 19.7 Å². The highest BCUT2D eigenvalue weighted by molar-refractivity contribution is 5.85. The minimum Gasteiger partial charge on any atom is -0.377 e. The van der Waals surface area contributed by atoms with Crippen LogP contribution in [-0.2, 0) is 9.53 Å². The minimum absolute atomic E-state index is 0. The molecule has 0 spiro atoms. The highest BCUT2D eigenvalue weighted by Crippen LogP contribution is 2.17. The van der Waals surface area contributed by atoms with Crippen LogP contribution in [0.2, 0.25) is 0 Å². The number of halogens is 1. The van der Waals surface area contributed by atoms with Gasteiger partial charge in [-0.05, 0) is 25.7 Å². The highest BCUT2D eigenvalue weighted by atomic mass is 35.5. The van der Waals surface area contributed by atoms with E-state index in [0.717, 1.165) is 38.8 Å². The van der Waals surface area contributed by atoms with Crippen LogP contribution in [0.15, 0.2) is 0 Å². The van der Waals surface area contributed by atoms with Gasteiger partial charge in [-0.3, -0.25) is 4.79 Å². The number of hydrogen-bond acceptors (Lipinski definition) is 3. The van der Waals surface area contributed by atoms with Gasteiger partial charge in [0.25, 0.3) is 0 Å². The molecule has 19 heavy (non-hydrogen) atoms. The van der Waals surface area contributed by atoms with Crippen molar-refractivity contribution < 1.29 is 9.53 Å². The van der Waals surface area contributed by atoms with E-state index in [1.165, 1.54) is 25.7 Å². The van der Waals surface area contributed by atoms with Crippen LogP contribution in [0.3, 0.4) is 0 Å². The number of rotatable bonds is 5. The van der Waals surface area contributed by atoms with Gasteiger partial charge >= 0.3 is 0 Å². The van der Waals surface area contributed by atoms with Gasteiger partial charge in [0, 0.05) is 19.2 Å². The molecule has 112 valence electrons. The zero-order valence-corrected chi connectivity index (χ0v) is 12.5. The average molecular weight is 291 g/mol. The maximum atomic E-state index is 11.8. The molecule has 0 bridgehead atoms. The van der Waals surface area contributed by atoms with E-state index in [2.05, 4.69) is 10.6 Å². The molecule has 1 saturated carbocycles. The van der Waals surface area contributed by atoms with Crippen molar-refractivity contribution in [1.82, 2.24) is 10.6 Å². The third kappa shape index (κ3) is 6.59. The van der Waals surface area contributed by atoms with Crippen LogP contribution in [0.5, 0.6) is 0 Å². The lowest BCUT2D eigenvalue weighted by molar-refractivity contribution is -0.121. The molecule has 2 aliphatic rings. The van der Waals surface area contributed by atoms with Gasteiger partial charge in [0.05, 0.1) is 12.6 Å². The number of ether oxygens (including phenoxy) is 1. The summed E-state index contributed by atoms with van der Waals surface area (Å²) in [5.41, 5.74) is 0. The van der Waals surface area contributed by atoms with Crippen LogP contribution < -0.4 is 10.6 Å². The smallest absolute Gasteiger partial charge is 0.234 e. The zero-order valence-electron chi connectivity index (χ0n) is 11.7. The molecule has 2 N–H and O–H groups in total. The summed E-state index contributed by atoms with van der Waals surface area (Å²) in [6, 6.07) is 0.407. The summed E-state index contributed by atoms with van der Waals surface area (Å²) in [5, 5.41) is 6.34. The molecular weight excluding hydrogens is 264 g/mol. The Bertz CT molecular complexity index is 250. The second kappa shape index (κ2) is 9.56. The Morgan fingerprint density at radius 3 is 2.42 bits per heavy atom. The van der Waals surface area contributed by atoms with E-state index in [-0.39, 0.29) is 18.3 Å². The Kier molecular flexibility index (Phi) is 8.42. The topological polar surface area (TPSA) is 50.4 Å². The van der Waals surface area contributed by atoms with Gasteiger partial charge in [0.1, 0.15) is 0 Å². The Morgan fingerprint density at radius 1 is 1.05 bits per heavy atom. The van der Waals surface area contributed by atoms with Crippen molar-refractivity contribution in [2.45, 2.75) is 63.5 Å². The largest absolute Gasteiger partial charge is 0.377 e. The third-order valence-corrected chi connectivity index (χ3v) is 3.90. The van der Waals surface area contributed by atoms with E-state index in [1.54, 1.807) is 0 Å². The van der Waals surface area contributed by atoms with Crippen molar-refractivity contribution >= 4 is 18.3 Å². The van der Waals surface area contributed by atoms with Gasteiger partial charge in [-0.1, -0.05) is 25.7 Å². The Morgan fingerprint density at radius 2 is 1.79 bits per heavy atom. The Balaban J connectivity index is 0.00000180. The van der Waals surface area contributed by atoms with Crippen molar-refractivity contribution in [1.29, 1.82) is 0 Å². The molecule has 5 heteroatoms. The predicted octanol–water partition coefficient (Wildman–Crippen LogP) is 2.02. The summed E-state index contributed by atoms with van der Waals surface area (Å²) in [6.45, 7) is 2.11. The van der Waals surface area contributed by atoms with Crippen LogP contribution >= 0.6 is 12.4 Å². The van der Waals surface area contributed by atoms with Crippen LogP contribution in [0, 0.1) is 0 Å². The van der Waals surface area contributed by atoms with Crippen LogP contribution in [-0.4, -0.2) is 37.7 Å². The monoisotopic (exact) mass is 290 g/mol. The van der Waals surface area contributed by atoms with E-state index in [0.29, 0.717) is 18.7 Å². The number of hydrogen-bond donors (Lipinski definition) is 2. The molecular formula is C14H27ClN2O2. The molecule has 0 aromatic rings. The maximum Gasteiger partial charge on any atom is 0.234 e. The molecule has 1 amide bonds. The summed E-state index contributed by atoms with van der Waals surface area (Å²) in [7, 11) is 0. The lowest BCUT2D eigenvalue weighted by Gasteiger charge is -2.17. The summed E-state index contributed by atoms with van der Waals surface area (Å²) in [5.74, 6) is 0.139. The number of amides is 1. The first kappa shape index (κ1) is 16.7. The average Bonchev–Trinajstić information content (AvgIpc) is 2.74. The van der Waals surface area contributed by atoms with Crippen LogP contribution in [0.25, 0.3) is 0 Å². The molecule has 0 aromatic carbocycles. The zero-order chi connectivity index (χ0) is 12.6. The van der Waals surface area contributed by atoms with Gasteiger partial charge < -0.3 is 15.4 Å². The molecule has 2 rings (SSSR count). The molecule has 1 heterocycles. The molecule has 0 radical (unpaired) electrons. The van der Waals surface area contributed by atoms with E-state index < -0.39 is 0 Å². The molecule has 1 saturated heterocycles. The molecule has 2 fully saturated rings. The fraction of sp³-hybridized carbons (Fsp3) is 0.929. The van der Waals surface area contributed by atoms with Gasteiger partial charge in [-0.15, -0.1) is 12.4 Å². The lowest BCUT2D eigenvalue weighted by Crippen LogP contribution is -2.41. The van der Waals surface area contributed by atoms with Crippen molar-refractivity contribution in [3.05, 3.63) is 0 Å². The normalized spacial score (nSPS) is 24.5. The van der Waals surface area contributed by atoms with Crippen molar-refractivity contribution in [3.8, 4) is 0 Å². The summed E-state index contributed by atoms with van der Waals surface area (Å²) in [6.07, 6.45) is 10.1. The Hall–Kier alpha value is -0.320. The molecule has 1 atom stereocenters. The quantitative estimate of drug-likeness (QED) is 0.762. The van der Waals surface area contributed by atoms with Gasteiger partial charge in [-0.25, -0.2) is 0 Å². The maximum absolute atomic E-state index is 11.8.